The van der Waals surface area contributed by atoms with Gasteiger partial charge in [0, 0.05) is 6.54 Å². The van der Waals surface area contributed by atoms with Crippen LogP contribution in [0.4, 0.5) is 0 Å². The molecule has 1 atom stereocenters. The maximum Gasteiger partial charge on any atom is 0.322 e. The zero-order valence-corrected chi connectivity index (χ0v) is 16.0. The van der Waals surface area contributed by atoms with E-state index in [9.17, 15) is 23.1 Å². The normalized spacial score (nSPS) is 18.1. The number of carboxylic acid groups (broad SMARTS) is 1. The predicted molar refractivity (Wildman–Crippen MR) is 99.9 cm³/mol. The molecule has 1 fully saturated rings. The number of rotatable bonds is 6. The fourth-order valence-corrected chi connectivity index (χ4v) is 4.80. The van der Waals surface area contributed by atoms with Gasteiger partial charge in [0.25, 0.3) is 0 Å². The third-order valence-electron chi connectivity index (χ3n) is 4.54. The van der Waals surface area contributed by atoms with Crippen LogP contribution >= 0.6 is 0 Å². The van der Waals surface area contributed by atoms with Crippen LogP contribution in [0.5, 0.6) is 5.75 Å². The van der Waals surface area contributed by atoms with Crippen LogP contribution in [0.15, 0.2) is 59.5 Å². The average Bonchev–Trinajstić information content (AvgIpc) is 2.69. The highest BCUT2D eigenvalue weighted by atomic mass is 32.2. The number of carbonyl (C=O) groups is 2. The van der Waals surface area contributed by atoms with Crippen molar-refractivity contribution < 1.29 is 27.9 Å². The van der Waals surface area contributed by atoms with Crippen LogP contribution < -0.4 is 4.74 Å². The zero-order chi connectivity index (χ0) is 20.3. The van der Waals surface area contributed by atoms with Gasteiger partial charge in [0.05, 0.1) is 20.2 Å². The van der Waals surface area contributed by atoms with E-state index in [0.29, 0.717) is 0 Å². The Morgan fingerprint density at radius 2 is 1.79 bits per heavy atom. The van der Waals surface area contributed by atoms with Crippen molar-refractivity contribution in [3.63, 3.8) is 0 Å². The number of hydrogen-bond donors (Lipinski definition) is 1. The van der Waals surface area contributed by atoms with Crippen LogP contribution in [0, 0.1) is 0 Å². The van der Waals surface area contributed by atoms with Gasteiger partial charge in [-0.25, -0.2) is 8.42 Å². The Bertz CT molecular complexity index is 977. The number of methoxy groups -OCH3 is 1. The van der Waals surface area contributed by atoms with Gasteiger partial charge in [-0.2, -0.15) is 4.31 Å². The summed E-state index contributed by atoms with van der Waals surface area (Å²) in [7, 11) is -2.88. The molecule has 0 spiro atoms. The third-order valence-corrected chi connectivity index (χ3v) is 6.42. The first-order valence-corrected chi connectivity index (χ1v) is 9.98. The van der Waals surface area contributed by atoms with Gasteiger partial charge < -0.3 is 14.7 Å². The maximum atomic E-state index is 13.2. The van der Waals surface area contributed by atoms with E-state index in [1.807, 2.05) is 30.3 Å². The molecule has 1 N–H and O–H groups in total. The summed E-state index contributed by atoms with van der Waals surface area (Å²) < 4.78 is 32.4. The molecule has 0 radical (unpaired) electrons. The molecular weight excluding hydrogens is 384 g/mol. The highest BCUT2D eigenvalue weighted by Crippen LogP contribution is 2.30. The monoisotopic (exact) mass is 404 g/mol. The van der Waals surface area contributed by atoms with Gasteiger partial charge in [0.1, 0.15) is 16.7 Å². The predicted octanol–water partition coefficient (Wildman–Crippen LogP) is 1.53. The minimum Gasteiger partial charge on any atom is -0.495 e. The molecular formula is C19H20N2O6S. The van der Waals surface area contributed by atoms with Gasteiger partial charge in [-0.3, -0.25) is 9.59 Å². The quantitative estimate of drug-likeness (QED) is 0.783. The molecule has 0 bridgehead atoms. The van der Waals surface area contributed by atoms with E-state index in [1.54, 1.807) is 6.07 Å². The maximum absolute atomic E-state index is 13.2. The lowest BCUT2D eigenvalue weighted by atomic mass is 10.1. The van der Waals surface area contributed by atoms with Crippen molar-refractivity contribution in [2.24, 2.45) is 0 Å². The largest absolute Gasteiger partial charge is 0.495 e. The van der Waals surface area contributed by atoms with E-state index in [1.165, 1.54) is 30.2 Å². The topological polar surface area (TPSA) is 104 Å². The van der Waals surface area contributed by atoms with Crippen LogP contribution in [0.1, 0.15) is 12.0 Å². The minimum absolute atomic E-state index is 0.109. The number of aliphatic carboxylic acids is 1. The Morgan fingerprint density at radius 1 is 1.14 bits per heavy atom. The van der Waals surface area contributed by atoms with Crippen molar-refractivity contribution in [2.45, 2.75) is 23.9 Å². The first-order chi connectivity index (χ1) is 13.3. The summed E-state index contributed by atoms with van der Waals surface area (Å²) in [5, 5.41) is 9.53. The molecule has 1 heterocycles. The molecule has 28 heavy (non-hydrogen) atoms. The Kier molecular flexibility index (Phi) is 5.66. The molecule has 1 amide bonds. The van der Waals surface area contributed by atoms with Crippen molar-refractivity contribution >= 4 is 21.9 Å². The molecule has 2 aromatic carbocycles. The lowest BCUT2D eigenvalue weighted by Gasteiger charge is -2.38. The zero-order valence-electron chi connectivity index (χ0n) is 15.2. The SMILES string of the molecule is COc1ccccc1S(=O)(=O)N1CN(Cc2ccccc2)C(=O)C[C@@H]1C(=O)O. The third kappa shape index (κ3) is 3.85. The summed E-state index contributed by atoms with van der Waals surface area (Å²) in [6.07, 6.45) is -0.434. The number of carboxylic acids is 1. The summed E-state index contributed by atoms with van der Waals surface area (Å²) >= 11 is 0. The smallest absolute Gasteiger partial charge is 0.322 e. The summed E-state index contributed by atoms with van der Waals surface area (Å²) in [6.45, 7) is -0.172. The first kappa shape index (κ1) is 19.8. The first-order valence-electron chi connectivity index (χ1n) is 8.54. The van der Waals surface area contributed by atoms with Gasteiger partial charge in [-0.05, 0) is 17.7 Å². The number of sulfonamides is 1. The van der Waals surface area contributed by atoms with Crippen molar-refractivity contribution in [1.82, 2.24) is 9.21 Å². The molecule has 3 rings (SSSR count). The fourth-order valence-electron chi connectivity index (χ4n) is 3.10. The second-order valence-corrected chi connectivity index (χ2v) is 8.18. The molecule has 148 valence electrons. The lowest BCUT2D eigenvalue weighted by Crippen LogP contribution is -2.57. The molecule has 2 aromatic rings. The number of para-hydroxylation sites is 1. The standard InChI is InChI=1S/C19H20N2O6S/c1-27-16-9-5-6-10-17(16)28(25,26)21-13-20(12-14-7-3-2-4-8-14)18(22)11-15(21)19(23)24/h2-10,15H,11-13H2,1H3,(H,23,24)/t15-/m1/s1. The molecule has 0 aromatic heterocycles. The van der Waals surface area contributed by atoms with E-state index in [0.717, 1.165) is 9.87 Å². The van der Waals surface area contributed by atoms with E-state index < -0.39 is 34.4 Å². The number of carbonyl (C=O) groups excluding carboxylic acids is 1. The number of nitrogens with zero attached hydrogens (tertiary/aromatic N) is 2. The molecule has 1 aliphatic heterocycles. The number of hydrogen-bond acceptors (Lipinski definition) is 5. The second kappa shape index (κ2) is 7.99. The van der Waals surface area contributed by atoms with Gasteiger partial charge in [-0.15, -0.1) is 0 Å². The van der Waals surface area contributed by atoms with Gasteiger partial charge in [-0.1, -0.05) is 42.5 Å². The van der Waals surface area contributed by atoms with Crippen molar-refractivity contribution in [1.29, 1.82) is 0 Å². The fraction of sp³-hybridized carbons (Fsp3) is 0.263. The number of ether oxygens (including phenoxy) is 1. The summed E-state index contributed by atoms with van der Waals surface area (Å²) in [4.78, 5) is 25.4. The Balaban J connectivity index is 1.97. The Morgan fingerprint density at radius 3 is 2.43 bits per heavy atom. The van der Waals surface area contributed by atoms with Gasteiger partial charge in [0.15, 0.2) is 0 Å². The van der Waals surface area contributed by atoms with Crippen LogP contribution in [0.25, 0.3) is 0 Å². The Labute approximate surface area is 163 Å². The highest BCUT2D eigenvalue weighted by molar-refractivity contribution is 7.89. The molecule has 0 saturated carbocycles. The van der Waals surface area contributed by atoms with E-state index in [4.69, 9.17) is 4.74 Å². The van der Waals surface area contributed by atoms with Gasteiger partial charge >= 0.3 is 5.97 Å². The van der Waals surface area contributed by atoms with E-state index >= 15 is 0 Å². The number of amides is 1. The van der Waals surface area contributed by atoms with Crippen LogP contribution in [0.3, 0.4) is 0 Å². The van der Waals surface area contributed by atoms with E-state index in [-0.39, 0.29) is 23.9 Å². The second-order valence-electron chi connectivity index (χ2n) is 6.32. The van der Waals surface area contributed by atoms with Gasteiger partial charge in [0.2, 0.25) is 15.9 Å². The van der Waals surface area contributed by atoms with Crippen molar-refractivity contribution in [3.8, 4) is 5.75 Å². The molecule has 1 saturated heterocycles. The molecule has 8 nitrogen and oxygen atoms in total. The van der Waals surface area contributed by atoms with E-state index in [2.05, 4.69) is 0 Å². The number of benzene rings is 2. The molecule has 0 aliphatic carbocycles. The molecule has 0 unspecified atom stereocenters. The van der Waals surface area contributed by atoms with Crippen LogP contribution in [-0.4, -0.2) is 54.4 Å². The molecule has 9 heteroatoms. The summed E-state index contributed by atoms with van der Waals surface area (Å²) in [6, 6.07) is 13.6. The molecule has 1 aliphatic rings. The Hall–Kier alpha value is -2.91. The average molecular weight is 404 g/mol. The van der Waals surface area contributed by atoms with Crippen molar-refractivity contribution in [3.05, 3.63) is 60.2 Å². The minimum atomic E-state index is -4.21. The van der Waals surface area contributed by atoms with Crippen LogP contribution in [-0.2, 0) is 26.2 Å². The highest BCUT2D eigenvalue weighted by Gasteiger charge is 2.44. The lowest BCUT2D eigenvalue weighted by molar-refractivity contribution is -0.151. The van der Waals surface area contributed by atoms with Crippen LogP contribution in [0.2, 0.25) is 0 Å². The summed E-state index contributed by atoms with van der Waals surface area (Å²) in [5.74, 6) is -1.67. The summed E-state index contributed by atoms with van der Waals surface area (Å²) in [5.41, 5.74) is 0.819. The van der Waals surface area contributed by atoms with Crippen molar-refractivity contribution in [2.75, 3.05) is 13.8 Å².